The molecule has 0 bridgehead atoms. The third-order valence-electron chi connectivity index (χ3n) is 7.28. The summed E-state index contributed by atoms with van der Waals surface area (Å²) in [6.07, 6.45) is -6.82. The van der Waals surface area contributed by atoms with E-state index in [9.17, 15) is 40.3 Å². The van der Waals surface area contributed by atoms with Gasteiger partial charge in [-0.2, -0.15) is 17.6 Å². The predicted molar refractivity (Wildman–Crippen MR) is 122 cm³/mol. The van der Waals surface area contributed by atoms with E-state index in [-0.39, 0.29) is 16.9 Å². The lowest BCUT2D eigenvalue weighted by molar-refractivity contribution is -0.272. The lowest BCUT2D eigenvalue weighted by Crippen LogP contribution is -2.47. The zero-order chi connectivity index (χ0) is 28.9. The maximum absolute atomic E-state index is 14.9. The molecule has 3 N–H and O–H groups in total. The second-order valence-corrected chi connectivity index (χ2v) is 9.96. The van der Waals surface area contributed by atoms with Crippen LogP contribution in [0.15, 0.2) is 30.5 Å². The molecule has 7 nitrogen and oxygen atoms in total. The number of ether oxygens (including phenoxy) is 2. The average Bonchev–Trinajstić information content (AvgIpc) is 3.10. The van der Waals surface area contributed by atoms with Gasteiger partial charge in [-0.25, -0.2) is 13.2 Å². The highest BCUT2D eigenvalue weighted by molar-refractivity contribution is 5.97. The van der Waals surface area contributed by atoms with Crippen molar-refractivity contribution in [2.45, 2.75) is 56.4 Å². The first-order valence-corrected chi connectivity index (χ1v) is 11.8. The maximum atomic E-state index is 14.9. The molecule has 0 unspecified atom stereocenters. The molecule has 0 radical (unpaired) electrons. The van der Waals surface area contributed by atoms with Crippen LogP contribution in [0.2, 0.25) is 0 Å². The number of rotatable bonds is 7. The van der Waals surface area contributed by atoms with Gasteiger partial charge in [-0.05, 0) is 25.1 Å². The number of amides is 2. The van der Waals surface area contributed by atoms with Crippen LogP contribution in [-0.4, -0.2) is 47.2 Å². The Balaban J connectivity index is 1.71. The zero-order valence-corrected chi connectivity index (χ0v) is 20.6. The summed E-state index contributed by atoms with van der Waals surface area (Å²) in [4.78, 5) is 28.4. The van der Waals surface area contributed by atoms with Crippen molar-refractivity contribution in [3.05, 3.63) is 53.4 Å². The number of pyridine rings is 1. The van der Waals surface area contributed by atoms with E-state index in [1.807, 2.05) is 0 Å². The van der Waals surface area contributed by atoms with Crippen molar-refractivity contribution in [2.24, 2.45) is 17.6 Å². The molecule has 14 heteroatoms. The minimum absolute atomic E-state index is 0.0351. The molecule has 2 aromatic rings. The lowest BCUT2D eigenvalue weighted by Gasteiger charge is -2.35. The first kappa shape index (κ1) is 28.6. The van der Waals surface area contributed by atoms with E-state index in [1.165, 1.54) is 6.07 Å². The summed E-state index contributed by atoms with van der Waals surface area (Å²) in [6, 6.07) is 3.99. The van der Waals surface area contributed by atoms with E-state index in [1.54, 1.807) is 0 Å². The fourth-order valence-corrected chi connectivity index (χ4v) is 4.94. The summed E-state index contributed by atoms with van der Waals surface area (Å²) < 4.78 is 109. The van der Waals surface area contributed by atoms with Crippen LogP contribution in [0.5, 0.6) is 5.75 Å². The van der Waals surface area contributed by atoms with Crippen LogP contribution >= 0.6 is 0 Å². The molecule has 1 aromatic carbocycles. The Kier molecular flexibility index (Phi) is 7.30. The molecule has 2 amide bonds. The van der Waals surface area contributed by atoms with Crippen molar-refractivity contribution in [1.29, 1.82) is 0 Å². The number of nitrogens with one attached hydrogen (secondary N) is 1. The highest BCUT2D eigenvalue weighted by Gasteiger charge is 2.66. The van der Waals surface area contributed by atoms with Crippen LogP contribution in [0, 0.1) is 23.5 Å². The van der Waals surface area contributed by atoms with Gasteiger partial charge in [0, 0.05) is 48.0 Å². The highest BCUT2D eigenvalue weighted by atomic mass is 19.4. The Hall–Kier alpha value is -3.42. The first-order valence-electron chi connectivity index (χ1n) is 11.8. The quantitative estimate of drug-likeness (QED) is 0.464. The molecule has 1 saturated carbocycles. The van der Waals surface area contributed by atoms with Gasteiger partial charge < -0.3 is 20.5 Å². The number of aromatic nitrogens is 1. The van der Waals surface area contributed by atoms with Crippen LogP contribution in [-0.2, 0) is 9.53 Å². The summed E-state index contributed by atoms with van der Waals surface area (Å²) in [5, 5.41) is 2.34. The number of hydrogen-bond donors (Lipinski definition) is 2. The number of alkyl halides is 5. The topological polar surface area (TPSA) is 104 Å². The summed E-state index contributed by atoms with van der Waals surface area (Å²) in [7, 11) is 0. The van der Waals surface area contributed by atoms with E-state index in [4.69, 9.17) is 15.2 Å². The van der Waals surface area contributed by atoms with Gasteiger partial charge in [-0.1, -0.05) is 13.0 Å². The van der Waals surface area contributed by atoms with Gasteiger partial charge in [0.15, 0.2) is 17.2 Å². The van der Waals surface area contributed by atoms with Crippen LogP contribution in [0.25, 0.3) is 0 Å². The summed E-state index contributed by atoms with van der Waals surface area (Å²) in [6.45, 7) is 1.43. The summed E-state index contributed by atoms with van der Waals surface area (Å²) >= 11 is 0. The molecule has 1 aliphatic carbocycles. The second kappa shape index (κ2) is 9.96. The molecule has 2 heterocycles. The molecular weight excluding hydrogens is 539 g/mol. The van der Waals surface area contributed by atoms with Gasteiger partial charge >= 0.3 is 6.18 Å². The molecule has 212 valence electrons. The average molecular weight is 563 g/mol. The van der Waals surface area contributed by atoms with E-state index < -0.39 is 90.2 Å². The SMILES string of the molecule is C[C@@H]1[C@H](c2ccc(F)c(F)c2OCC2CC(F)(F)C2)[C@@H](C(=O)Nc2ccnc(C(N)=O)c2)O[C@]1(C)C(F)(F)F. The predicted octanol–water partition coefficient (Wildman–Crippen LogP) is 4.96. The van der Waals surface area contributed by atoms with Gasteiger partial charge in [0.05, 0.1) is 6.61 Å². The van der Waals surface area contributed by atoms with Crippen LogP contribution in [0.4, 0.5) is 36.4 Å². The number of nitrogens with zero attached hydrogens (tertiary/aromatic N) is 1. The second-order valence-electron chi connectivity index (χ2n) is 9.96. The molecule has 39 heavy (non-hydrogen) atoms. The van der Waals surface area contributed by atoms with Crippen molar-refractivity contribution >= 4 is 17.5 Å². The standard InChI is InChI=1S/C25H24F7N3O4/c1-11-17(14-3-4-15(26)18(27)19(14)38-10-12-8-24(28,29)9-12)20(39-23(11,2)25(30,31)32)22(37)35-13-5-6-34-16(7-13)21(33)36/h3-7,11-12,17,20H,8-10H2,1-2H3,(H2,33,36)(H,34,35,37)/t11-,17-,20+,23+/m1/s1. The van der Waals surface area contributed by atoms with Gasteiger partial charge in [0.25, 0.3) is 11.8 Å². The van der Waals surface area contributed by atoms with Crippen molar-refractivity contribution in [3.8, 4) is 5.75 Å². The van der Waals surface area contributed by atoms with Crippen molar-refractivity contribution < 1.29 is 49.8 Å². The number of carbonyl (C=O) groups excluding carboxylic acids is 2. The molecular formula is C25H24F7N3O4. The molecule has 2 aliphatic rings. The summed E-state index contributed by atoms with van der Waals surface area (Å²) in [5.74, 6) is -12.3. The fraction of sp³-hybridized carbons (Fsp3) is 0.480. The van der Waals surface area contributed by atoms with Gasteiger partial charge in [0.2, 0.25) is 11.7 Å². The number of primary amides is 1. The lowest BCUT2D eigenvalue weighted by atomic mass is 9.76. The Morgan fingerprint density at radius 2 is 1.87 bits per heavy atom. The Morgan fingerprint density at radius 1 is 1.21 bits per heavy atom. The molecule has 4 rings (SSSR count). The third-order valence-corrected chi connectivity index (χ3v) is 7.28. The van der Waals surface area contributed by atoms with Crippen LogP contribution in [0.3, 0.4) is 0 Å². The van der Waals surface area contributed by atoms with E-state index >= 15 is 0 Å². The monoisotopic (exact) mass is 563 g/mol. The van der Waals surface area contributed by atoms with Gasteiger partial charge in [0.1, 0.15) is 11.8 Å². The summed E-state index contributed by atoms with van der Waals surface area (Å²) in [5.41, 5.74) is 1.71. The van der Waals surface area contributed by atoms with E-state index in [2.05, 4.69) is 10.3 Å². The number of nitrogens with two attached hydrogens (primary N) is 1. The fourth-order valence-electron chi connectivity index (χ4n) is 4.94. The zero-order valence-electron chi connectivity index (χ0n) is 20.6. The Bertz CT molecular complexity index is 1280. The van der Waals surface area contributed by atoms with Crippen LogP contribution < -0.4 is 15.8 Å². The van der Waals surface area contributed by atoms with Crippen molar-refractivity contribution in [1.82, 2.24) is 4.98 Å². The third kappa shape index (κ3) is 5.38. The Labute approximate surface area is 217 Å². The molecule has 0 spiro atoms. The normalized spacial score (nSPS) is 26.6. The highest BCUT2D eigenvalue weighted by Crippen LogP contribution is 2.55. The molecule has 4 atom stereocenters. The smallest absolute Gasteiger partial charge is 0.417 e. The molecule has 1 aromatic heterocycles. The van der Waals surface area contributed by atoms with Crippen molar-refractivity contribution in [2.75, 3.05) is 11.9 Å². The van der Waals surface area contributed by atoms with E-state index in [0.717, 1.165) is 32.2 Å². The molecule has 1 saturated heterocycles. The molecule has 1 aliphatic heterocycles. The number of hydrogen-bond acceptors (Lipinski definition) is 5. The first-order chi connectivity index (χ1) is 18.0. The molecule has 2 fully saturated rings. The number of carbonyl (C=O) groups is 2. The van der Waals surface area contributed by atoms with Crippen LogP contribution in [0.1, 0.15) is 48.7 Å². The van der Waals surface area contributed by atoms with Gasteiger partial charge in [-0.15, -0.1) is 0 Å². The number of halogens is 7. The largest absolute Gasteiger partial charge is 0.490 e. The van der Waals surface area contributed by atoms with Gasteiger partial charge in [-0.3, -0.25) is 14.6 Å². The minimum atomic E-state index is -4.98. The maximum Gasteiger partial charge on any atom is 0.417 e. The Morgan fingerprint density at radius 3 is 2.46 bits per heavy atom. The minimum Gasteiger partial charge on any atom is -0.490 e. The van der Waals surface area contributed by atoms with Crippen molar-refractivity contribution in [3.63, 3.8) is 0 Å². The van der Waals surface area contributed by atoms with E-state index in [0.29, 0.717) is 6.07 Å². The number of anilines is 1. The number of benzene rings is 1.